The summed E-state index contributed by atoms with van der Waals surface area (Å²) in [5, 5.41) is 9.80. The van der Waals surface area contributed by atoms with E-state index in [0.717, 1.165) is 0 Å². The first-order valence-electron chi connectivity index (χ1n) is 14.0. The zero-order valence-electron chi connectivity index (χ0n) is 22.2. The molecule has 2 heteroatoms. The first kappa shape index (κ1) is 21.4. The Morgan fingerprint density at radius 2 is 1.57 bits per heavy atom. The van der Waals surface area contributed by atoms with Crippen molar-refractivity contribution < 1.29 is 4.57 Å². The summed E-state index contributed by atoms with van der Waals surface area (Å²) in [6.45, 7) is 7.07. The van der Waals surface area contributed by atoms with Gasteiger partial charge in [-0.05, 0) is 70.5 Å². The molecule has 37 heavy (non-hydrogen) atoms. The lowest BCUT2D eigenvalue weighted by Gasteiger charge is -2.20. The zero-order chi connectivity index (χ0) is 25.0. The second-order valence-corrected chi connectivity index (χ2v) is 11.7. The van der Waals surface area contributed by atoms with E-state index in [1.807, 2.05) is 0 Å². The molecule has 0 amide bonds. The van der Waals surface area contributed by atoms with E-state index in [1.54, 1.807) is 5.56 Å². The number of rotatable bonds is 2. The molecular formula is C35H33N2+. The van der Waals surface area contributed by atoms with Gasteiger partial charge in [0.2, 0.25) is 5.52 Å². The lowest BCUT2D eigenvalue weighted by atomic mass is 9.88. The van der Waals surface area contributed by atoms with Crippen LogP contribution in [0, 0.1) is 6.92 Å². The summed E-state index contributed by atoms with van der Waals surface area (Å²) >= 11 is 0. The molecule has 2 nitrogen and oxygen atoms in total. The van der Waals surface area contributed by atoms with Crippen LogP contribution in [0.15, 0.2) is 66.9 Å². The lowest BCUT2D eigenvalue weighted by molar-refractivity contribution is -0.643. The van der Waals surface area contributed by atoms with Crippen LogP contribution in [0.25, 0.3) is 59.8 Å². The fourth-order valence-electron chi connectivity index (χ4n) is 7.87. The van der Waals surface area contributed by atoms with Crippen molar-refractivity contribution in [3.05, 3.63) is 83.6 Å². The molecule has 4 aromatic carbocycles. The van der Waals surface area contributed by atoms with Gasteiger partial charge in [0.25, 0.3) is 0 Å². The zero-order valence-corrected chi connectivity index (χ0v) is 22.2. The van der Waals surface area contributed by atoms with E-state index in [9.17, 15) is 0 Å². The SMILES string of the molecule is Cc1c2ccccc2c(C(C)C)c2c1c1c3c(ccc4c5c(C6CCCC6)cccc5n2c43)cc[n+]1C. The van der Waals surface area contributed by atoms with Crippen molar-refractivity contribution in [1.29, 1.82) is 0 Å². The number of fused-ring (bicyclic) bond motifs is 7. The van der Waals surface area contributed by atoms with Crippen LogP contribution < -0.4 is 4.57 Å². The predicted molar refractivity (Wildman–Crippen MR) is 157 cm³/mol. The standard InChI is InChI=1S/C35H33N2/c1-20(2)29-26-13-8-7-12-24(26)21(3)30-34-31-23(18-19-36(34)4)16-17-27-32-25(22-10-5-6-11-22)14-9-15-28(32)37(33(27)31)35(29)30/h7-9,12-20,22H,5-6,10-11H2,1-4H3/q+1. The van der Waals surface area contributed by atoms with Crippen molar-refractivity contribution in [2.24, 2.45) is 7.05 Å². The molecule has 3 aromatic heterocycles. The first-order valence-corrected chi connectivity index (χ1v) is 14.0. The normalized spacial score (nSPS) is 15.3. The third kappa shape index (κ3) is 2.63. The lowest BCUT2D eigenvalue weighted by Crippen LogP contribution is -2.29. The minimum Gasteiger partial charge on any atom is -0.307 e. The topological polar surface area (TPSA) is 8.29 Å². The molecular weight excluding hydrogens is 448 g/mol. The van der Waals surface area contributed by atoms with Crippen LogP contribution in [0.3, 0.4) is 0 Å². The summed E-state index contributed by atoms with van der Waals surface area (Å²) < 4.78 is 5.04. The molecule has 8 rings (SSSR count). The number of hydrogen-bond donors (Lipinski definition) is 0. The van der Waals surface area contributed by atoms with Crippen LogP contribution in [0.4, 0.5) is 0 Å². The molecule has 7 aromatic rings. The van der Waals surface area contributed by atoms with Crippen molar-refractivity contribution in [2.45, 2.75) is 58.3 Å². The Kier molecular flexibility index (Phi) is 4.31. The van der Waals surface area contributed by atoms with Crippen LogP contribution in [-0.2, 0) is 7.05 Å². The number of pyridine rings is 2. The second kappa shape index (κ2) is 7.44. The minimum atomic E-state index is 0.402. The first-order chi connectivity index (χ1) is 18.1. The number of aryl methyl sites for hydroxylation is 2. The highest BCUT2D eigenvalue weighted by molar-refractivity contribution is 6.29. The van der Waals surface area contributed by atoms with Gasteiger partial charge < -0.3 is 4.40 Å². The van der Waals surface area contributed by atoms with E-state index < -0.39 is 0 Å². The number of nitrogens with zero attached hydrogens (tertiary/aromatic N) is 2. The number of hydrogen-bond acceptors (Lipinski definition) is 0. The Labute approximate surface area is 217 Å². The predicted octanol–water partition coefficient (Wildman–Crippen LogP) is 9.06. The smallest absolute Gasteiger partial charge is 0.224 e. The molecule has 3 heterocycles. The van der Waals surface area contributed by atoms with Crippen LogP contribution in [0.2, 0.25) is 0 Å². The van der Waals surface area contributed by atoms with Crippen LogP contribution in [-0.4, -0.2) is 4.40 Å². The van der Waals surface area contributed by atoms with E-state index in [4.69, 9.17) is 0 Å². The third-order valence-electron chi connectivity index (χ3n) is 9.41. The molecule has 1 aliphatic carbocycles. The van der Waals surface area contributed by atoms with Gasteiger partial charge in [-0.25, -0.2) is 4.57 Å². The summed E-state index contributed by atoms with van der Waals surface area (Å²) in [7, 11) is 2.23. The van der Waals surface area contributed by atoms with E-state index in [1.165, 1.54) is 96.6 Å². The summed E-state index contributed by atoms with van der Waals surface area (Å²) in [5.41, 5.74) is 9.95. The third-order valence-corrected chi connectivity index (χ3v) is 9.41. The molecule has 0 unspecified atom stereocenters. The van der Waals surface area contributed by atoms with Gasteiger partial charge in [0.1, 0.15) is 7.05 Å². The van der Waals surface area contributed by atoms with Gasteiger partial charge in [0.05, 0.1) is 27.3 Å². The van der Waals surface area contributed by atoms with Crippen LogP contribution >= 0.6 is 0 Å². The molecule has 0 saturated heterocycles. The van der Waals surface area contributed by atoms with E-state index in [2.05, 4.69) is 104 Å². The van der Waals surface area contributed by atoms with Gasteiger partial charge in [0.15, 0.2) is 6.20 Å². The highest BCUT2D eigenvalue weighted by atomic mass is 15.0. The van der Waals surface area contributed by atoms with E-state index in [0.29, 0.717) is 11.8 Å². The Bertz CT molecular complexity index is 2030. The van der Waals surface area contributed by atoms with E-state index in [-0.39, 0.29) is 0 Å². The van der Waals surface area contributed by atoms with Crippen molar-refractivity contribution in [3.63, 3.8) is 0 Å². The molecule has 0 N–H and O–H groups in total. The maximum Gasteiger partial charge on any atom is 0.224 e. The number of aromatic nitrogens is 2. The quantitative estimate of drug-likeness (QED) is 0.132. The molecule has 1 saturated carbocycles. The molecule has 0 aliphatic heterocycles. The molecule has 1 aliphatic rings. The van der Waals surface area contributed by atoms with Crippen molar-refractivity contribution in [1.82, 2.24) is 4.40 Å². The summed E-state index contributed by atoms with van der Waals surface area (Å²) in [6.07, 6.45) is 7.59. The fraction of sp³-hybridized carbons (Fsp3) is 0.286. The van der Waals surface area contributed by atoms with Crippen molar-refractivity contribution in [2.75, 3.05) is 0 Å². The van der Waals surface area contributed by atoms with Crippen LogP contribution in [0.5, 0.6) is 0 Å². The minimum absolute atomic E-state index is 0.402. The molecule has 0 spiro atoms. The van der Waals surface area contributed by atoms with E-state index >= 15 is 0 Å². The van der Waals surface area contributed by atoms with Gasteiger partial charge in [-0.1, -0.05) is 75.2 Å². The van der Waals surface area contributed by atoms with Gasteiger partial charge >= 0.3 is 0 Å². The van der Waals surface area contributed by atoms with Gasteiger partial charge in [-0.3, -0.25) is 0 Å². The maximum atomic E-state index is 2.67. The highest BCUT2D eigenvalue weighted by Crippen LogP contribution is 2.48. The summed E-state index contributed by atoms with van der Waals surface area (Å²) in [5.74, 6) is 1.08. The average molecular weight is 482 g/mol. The van der Waals surface area contributed by atoms with Crippen molar-refractivity contribution in [3.8, 4) is 0 Å². The number of benzene rings is 4. The van der Waals surface area contributed by atoms with Gasteiger partial charge in [-0.2, -0.15) is 0 Å². The molecule has 0 bridgehead atoms. The molecule has 0 atom stereocenters. The average Bonchev–Trinajstić information content (AvgIpc) is 3.56. The summed E-state index contributed by atoms with van der Waals surface area (Å²) in [4.78, 5) is 0. The Morgan fingerprint density at radius 3 is 2.35 bits per heavy atom. The highest BCUT2D eigenvalue weighted by Gasteiger charge is 2.29. The largest absolute Gasteiger partial charge is 0.307 e. The maximum absolute atomic E-state index is 2.67. The second-order valence-electron chi connectivity index (χ2n) is 11.7. The molecule has 0 radical (unpaired) electrons. The van der Waals surface area contributed by atoms with Gasteiger partial charge in [-0.15, -0.1) is 0 Å². The van der Waals surface area contributed by atoms with Crippen LogP contribution in [0.1, 0.15) is 68.1 Å². The van der Waals surface area contributed by atoms with Gasteiger partial charge in [0, 0.05) is 16.8 Å². The van der Waals surface area contributed by atoms with Crippen molar-refractivity contribution >= 4 is 59.8 Å². The molecule has 1 fully saturated rings. The molecule has 182 valence electrons. The Morgan fingerprint density at radius 1 is 0.784 bits per heavy atom. The monoisotopic (exact) mass is 481 g/mol. The Hall–Kier alpha value is -3.65. The summed E-state index contributed by atoms with van der Waals surface area (Å²) in [6, 6.07) is 23.2. The fourth-order valence-corrected chi connectivity index (χ4v) is 7.87. The Balaban J connectivity index is 1.78.